The minimum absolute atomic E-state index is 0.0157. The van der Waals surface area contributed by atoms with Gasteiger partial charge in [-0.3, -0.25) is 4.79 Å². The highest BCUT2D eigenvalue weighted by atomic mass is 35.5. The highest BCUT2D eigenvalue weighted by Gasteiger charge is 2.20. The van der Waals surface area contributed by atoms with Gasteiger partial charge in [0.05, 0.1) is 24.5 Å². The van der Waals surface area contributed by atoms with Crippen LogP contribution in [0.15, 0.2) is 35.1 Å². The SMILES string of the molecule is COc1ccc(Cl)c(-c2ncc(NC(=O)c3cnoc3C(C)C)nc2N)c1. The van der Waals surface area contributed by atoms with Gasteiger partial charge >= 0.3 is 0 Å². The average molecular weight is 388 g/mol. The molecule has 0 atom stereocenters. The van der Waals surface area contributed by atoms with Crippen LogP contribution in [0.25, 0.3) is 11.3 Å². The number of hydrogen-bond acceptors (Lipinski definition) is 7. The topological polar surface area (TPSA) is 116 Å². The number of anilines is 2. The number of nitrogens with zero attached hydrogens (tertiary/aromatic N) is 3. The van der Waals surface area contributed by atoms with Crippen LogP contribution in [0.1, 0.15) is 35.9 Å². The molecule has 0 spiro atoms. The summed E-state index contributed by atoms with van der Waals surface area (Å²) < 4.78 is 10.3. The Morgan fingerprint density at radius 2 is 2.11 bits per heavy atom. The maximum Gasteiger partial charge on any atom is 0.262 e. The van der Waals surface area contributed by atoms with E-state index in [0.717, 1.165) is 0 Å². The minimum atomic E-state index is -0.402. The van der Waals surface area contributed by atoms with Crippen molar-refractivity contribution < 1.29 is 14.1 Å². The maximum absolute atomic E-state index is 12.4. The van der Waals surface area contributed by atoms with Crippen molar-refractivity contribution in [2.75, 3.05) is 18.2 Å². The molecule has 3 aromatic rings. The van der Waals surface area contributed by atoms with Gasteiger partial charge in [0.2, 0.25) is 0 Å². The molecular formula is C18H18ClN5O3. The number of ether oxygens (including phenoxy) is 1. The number of nitrogen functional groups attached to an aromatic ring is 1. The Hall–Kier alpha value is -3.13. The largest absolute Gasteiger partial charge is 0.497 e. The number of carbonyl (C=O) groups excluding carboxylic acids is 1. The first kappa shape index (κ1) is 18.7. The fraction of sp³-hybridized carbons (Fsp3) is 0.222. The smallest absolute Gasteiger partial charge is 0.262 e. The highest BCUT2D eigenvalue weighted by Crippen LogP contribution is 2.33. The van der Waals surface area contributed by atoms with Crippen LogP contribution in [0.2, 0.25) is 5.02 Å². The van der Waals surface area contributed by atoms with E-state index in [1.165, 1.54) is 12.4 Å². The first-order valence-electron chi connectivity index (χ1n) is 8.13. The number of nitrogens with two attached hydrogens (primary N) is 1. The zero-order valence-corrected chi connectivity index (χ0v) is 15.7. The standard InChI is InChI=1S/C18H18ClN5O3/c1-9(2)16-12(7-22-27-16)18(25)24-14-8-21-15(17(20)23-14)11-6-10(26-3)4-5-13(11)19/h4-9H,1-3H3,(H3,20,23,24,25). The molecule has 0 unspecified atom stereocenters. The molecule has 2 heterocycles. The molecule has 0 bridgehead atoms. The summed E-state index contributed by atoms with van der Waals surface area (Å²) in [7, 11) is 1.55. The molecule has 27 heavy (non-hydrogen) atoms. The van der Waals surface area contributed by atoms with E-state index in [-0.39, 0.29) is 17.6 Å². The number of aromatic nitrogens is 3. The van der Waals surface area contributed by atoms with Crippen molar-refractivity contribution in [1.82, 2.24) is 15.1 Å². The van der Waals surface area contributed by atoms with E-state index in [1.54, 1.807) is 25.3 Å². The molecule has 9 heteroatoms. The second-order valence-corrected chi connectivity index (χ2v) is 6.45. The van der Waals surface area contributed by atoms with Crippen LogP contribution < -0.4 is 15.8 Å². The molecule has 2 aromatic heterocycles. The molecule has 0 saturated heterocycles. The first-order chi connectivity index (χ1) is 12.9. The minimum Gasteiger partial charge on any atom is -0.497 e. The monoisotopic (exact) mass is 387 g/mol. The van der Waals surface area contributed by atoms with Crippen molar-refractivity contribution in [2.45, 2.75) is 19.8 Å². The van der Waals surface area contributed by atoms with Gasteiger partial charge in [0.1, 0.15) is 17.0 Å². The molecular weight excluding hydrogens is 370 g/mol. The summed E-state index contributed by atoms with van der Waals surface area (Å²) in [4.78, 5) is 20.9. The number of amides is 1. The van der Waals surface area contributed by atoms with Gasteiger partial charge in [0.15, 0.2) is 17.4 Å². The summed E-state index contributed by atoms with van der Waals surface area (Å²) in [6.07, 6.45) is 2.77. The number of hydrogen-bond donors (Lipinski definition) is 2. The lowest BCUT2D eigenvalue weighted by molar-refractivity contribution is 0.102. The molecule has 0 radical (unpaired) electrons. The van der Waals surface area contributed by atoms with E-state index >= 15 is 0 Å². The number of benzene rings is 1. The molecule has 3 N–H and O–H groups in total. The Balaban J connectivity index is 1.87. The quantitative estimate of drug-likeness (QED) is 0.684. The maximum atomic E-state index is 12.4. The van der Waals surface area contributed by atoms with Crippen molar-refractivity contribution in [1.29, 1.82) is 0 Å². The third-order valence-electron chi connectivity index (χ3n) is 3.84. The number of halogens is 1. The third-order valence-corrected chi connectivity index (χ3v) is 4.17. The van der Waals surface area contributed by atoms with Crippen molar-refractivity contribution in [3.8, 4) is 17.0 Å². The van der Waals surface area contributed by atoms with E-state index in [4.69, 9.17) is 26.6 Å². The van der Waals surface area contributed by atoms with Gasteiger partial charge in [-0.1, -0.05) is 30.6 Å². The molecule has 0 aliphatic carbocycles. The van der Waals surface area contributed by atoms with E-state index in [1.807, 2.05) is 13.8 Å². The number of carbonyl (C=O) groups is 1. The predicted molar refractivity (Wildman–Crippen MR) is 102 cm³/mol. The van der Waals surface area contributed by atoms with Crippen LogP contribution in [0.3, 0.4) is 0 Å². The predicted octanol–water partition coefficient (Wildman–Crippen LogP) is 3.75. The van der Waals surface area contributed by atoms with E-state index in [2.05, 4.69) is 20.4 Å². The van der Waals surface area contributed by atoms with Crippen molar-refractivity contribution in [3.63, 3.8) is 0 Å². The summed E-state index contributed by atoms with van der Waals surface area (Å²) in [5.41, 5.74) is 7.35. The van der Waals surface area contributed by atoms with Crippen LogP contribution in [-0.2, 0) is 0 Å². The molecule has 1 amide bonds. The normalized spacial score (nSPS) is 10.9. The molecule has 140 valence electrons. The summed E-state index contributed by atoms with van der Waals surface area (Å²) >= 11 is 6.23. The van der Waals surface area contributed by atoms with Crippen molar-refractivity contribution in [3.05, 3.63) is 46.9 Å². The summed E-state index contributed by atoms with van der Waals surface area (Å²) in [5, 5.41) is 6.78. The molecule has 3 rings (SSSR count). The average Bonchev–Trinajstić information content (AvgIpc) is 3.13. The van der Waals surface area contributed by atoms with Crippen LogP contribution in [-0.4, -0.2) is 28.1 Å². The second kappa shape index (κ2) is 7.63. The zero-order chi connectivity index (χ0) is 19.6. The molecule has 0 aliphatic rings. The number of nitrogens with one attached hydrogen (secondary N) is 1. The third kappa shape index (κ3) is 3.85. The van der Waals surface area contributed by atoms with Gasteiger partial charge in [-0.05, 0) is 18.2 Å². The summed E-state index contributed by atoms with van der Waals surface area (Å²) in [6.45, 7) is 3.81. The van der Waals surface area contributed by atoms with Crippen molar-refractivity contribution >= 4 is 29.1 Å². The van der Waals surface area contributed by atoms with Gasteiger partial charge in [0, 0.05) is 11.5 Å². The van der Waals surface area contributed by atoms with Gasteiger partial charge in [0.25, 0.3) is 5.91 Å². The van der Waals surface area contributed by atoms with Crippen molar-refractivity contribution in [2.24, 2.45) is 0 Å². The molecule has 1 aromatic carbocycles. The second-order valence-electron chi connectivity index (χ2n) is 6.05. The lowest BCUT2D eigenvalue weighted by atomic mass is 10.1. The van der Waals surface area contributed by atoms with Crippen LogP contribution in [0, 0.1) is 0 Å². The summed E-state index contributed by atoms with van der Waals surface area (Å²) in [6, 6.07) is 5.13. The molecule has 0 aliphatic heterocycles. The summed E-state index contributed by atoms with van der Waals surface area (Å²) in [5.74, 6) is 1.05. The highest BCUT2D eigenvalue weighted by molar-refractivity contribution is 6.33. The molecule has 0 fully saturated rings. The van der Waals surface area contributed by atoms with E-state index in [9.17, 15) is 4.79 Å². The Morgan fingerprint density at radius 3 is 2.78 bits per heavy atom. The Morgan fingerprint density at radius 1 is 1.33 bits per heavy atom. The van der Waals surface area contributed by atoms with Gasteiger partial charge in [-0.15, -0.1) is 0 Å². The van der Waals surface area contributed by atoms with Crippen LogP contribution >= 0.6 is 11.6 Å². The number of methoxy groups -OCH3 is 1. The number of rotatable bonds is 5. The van der Waals surface area contributed by atoms with Crippen LogP contribution in [0.5, 0.6) is 5.75 Å². The van der Waals surface area contributed by atoms with E-state index in [0.29, 0.717) is 33.4 Å². The molecule has 0 saturated carbocycles. The molecule has 8 nitrogen and oxygen atoms in total. The Kier molecular flexibility index (Phi) is 5.27. The fourth-order valence-electron chi connectivity index (χ4n) is 2.50. The zero-order valence-electron chi connectivity index (χ0n) is 15.0. The van der Waals surface area contributed by atoms with Gasteiger partial charge < -0.3 is 20.3 Å². The first-order valence-corrected chi connectivity index (χ1v) is 8.50. The Bertz CT molecular complexity index is 987. The van der Waals surface area contributed by atoms with Crippen LogP contribution in [0.4, 0.5) is 11.6 Å². The van der Waals surface area contributed by atoms with E-state index < -0.39 is 5.91 Å². The fourth-order valence-corrected chi connectivity index (χ4v) is 2.71. The van der Waals surface area contributed by atoms with Gasteiger partial charge in [-0.25, -0.2) is 9.97 Å². The lowest BCUT2D eigenvalue weighted by Gasteiger charge is -2.10. The Labute approximate surface area is 160 Å². The lowest BCUT2D eigenvalue weighted by Crippen LogP contribution is -2.15. The van der Waals surface area contributed by atoms with Gasteiger partial charge in [-0.2, -0.15) is 0 Å².